The Morgan fingerprint density at radius 3 is 2.62 bits per heavy atom. The minimum absolute atomic E-state index is 0.0691. The number of hydrogen-bond donors (Lipinski definition) is 1. The Morgan fingerprint density at radius 2 is 2.06 bits per heavy atom. The van der Waals surface area contributed by atoms with E-state index in [9.17, 15) is 8.78 Å². The zero-order valence-corrected chi connectivity index (χ0v) is 9.66. The topological polar surface area (TPSA) is 12.0 Å². The Morgan fingerprint density at radius 1 is 1.31 bits per heavy atom. The summed E-state index contributed by atoms with van der Waals surface area (Å²) in [6.45, 7) is 0.330. The fourth-order valence-corrected chi connectivity index (χ4v) is 2.29. The van der Waals surface area contributed by atoms with Crippen LogP contribution in [0, 0.1) is 11.6 Å². The zero-order valence-electron chi connectivity index (χ0n) is 8.90. The summed E-state index contributed by atoms with van der Waals surface area (Å²) in [6, 6.07) is 4.23. The molecule has 1 aliphatic carbocycles. The molecular weight excluding hydrogens is 232 g/mol. The van der Waals surface area contributed by atoms with Gasteiger partial charge in [0.2, 0.25) is 0 Å². The second-order valence-corrected chi connectivity index (χ2v) is 4.60. The van der Waals surface area contributed by atoms with Gasteiger partial charge in [-0.25, -0.2) is 8.78 Å². The maximum absolute atomic E-state index is 13.4. The van der Waals surface area contributed by atoms with E-state index in [0.29, 0.717) is 18.0 Å². The van der Waals surface area contributed by atoms with Crippen LogP contribution in [0.25, 0.3) is 0 Å². The highest BCUT2D eigenvalue weighted by Crippen LogP contribution is 2.33. The molecule has 0 aliphatic heterocycles. The van der Waals surface area contributed by atoms with Crippen LogP contribution in [0.3, 0.4) is 0 Å². The van der Waals surface area contributed by atoms with Gasteiger partial charge in [0.25, 0.3) is 0 Å². The monoisotopic (exact) mass is 245 g/mol. The molecule has 4 heteroatoms. The van der Waals surface area contributed by atoms with Gasteiger partial charge in [0.15, 0.2) is 11.6 Å². The Balaban J connectivity index is 2.02. The maximum atomic E-state index is 13.4. The van der Waals surface area contributed by atoms with Gasteiger partial charge in [-0.2, -0.15) is 0 Å². The molecule has 0 spiro atoms. The van der Waals surface area contributed by atoms with Crippen LogP contribution in [0.4, 0.5) is 8.78 Å². The standard InChI is InChI=1S/C12H14ClF2N/c13-8-12(5-2-6-12)16-7-9-3-1-4-10(14)11(9)15/h1,3-4,16H,2,5-8H2. The van der Waals surface area contributed by atoms with Gasteiger partial charge in [-0.3, -0.25) is 0 Å². The maximum Gasteiger partial charge on any atom is 0.163 e. The average molecular weight is 246 g/mol. The van der Waals surface area contributed by atoms with Gasteiger partial charge in [-0.1, -0.05) is 12.1 Å². The summed E-state index contributed by atoms with van der Waals surface area (Å²) in [5, 5.41) is 3.23. The van der Waals surface area contributed by atoms with Gasteiger partial charge >= 0.3 is 0 Å². The lowest BCUT2D eigenvalue weighted by Gasteiger charge is -2.41. The Hall–Kier alpha value is -0.670. The first-order valence-corrected chi connectivity index (χ1v) is 5.94. The molecule has 2 rings (SSSR count). The summed E-state index contributed by atoms with van der Waals surface area (Å²) < 4.78 is 26.3. The van der Waals surface area contributed by atoms with Crippen LogP contribution in [-0.2, 0) is 6.54 Å². The predicted octanol–water partition coefficient (Wildman–Crippen LogP) is 3.22. The molecule has 0 bridgehead atoms. The zero-order chi connectivity index (χ0) is 11.6. The van der Waals surface area contributed by atoms with E-state index in [4.69, 9.17) is 11.6 Å². The van der Waals surface area contributed by atoms with E-state index in [-0.39, 0.29) is 5.54 Å². The molecule has 1 nitrogen and oxygen atoms in total. The molecule has 0 heterocycles. The van der Waals surface area contributed by atoms with Gasteiger partial charge < -0.3 is 5.32 Å². The van der Waals surface area contributed by atoms with Gasteiger partial charge in [0, 0.05) is 23.5 Å². The van der Waals surface area contributed by atoms with E-state index in [2.05, 4.69) is 5.32 Å². The molecule has 0 unspecified atom stereocenters. The summed E-state index contributed by atoms with van der Waals surface area (Å²) in [6.07, 6.45) is 3.16. The van der Waals surface area contributed by atoms with Crippen LogP contribution < -0.4 is 5.32 Å². The molecule has 0 saturated heterocycles. The fourth-order valence-electron chi connectivity index (χ4n) is 1.93. The second-order valence-electron chi connectivity index (χ2n) is 4.33. The first-order chi connectivity index (χ1) is 7.67. The number of nitrogens with one attached hydrogen (secondary N) is 1. The van der Waals surface area contributed by atoms with Crippen molar-refractivity contribution in [2.24, 2.45) is 0 Å². The molecule has 0 radical (unpaired) electrons. The molecule has 1 aliphatic rings. The Labute approximate surface area is 98.8 Å². The van der Waals surface area contributed by atoms with Gasteiger partial charge in [0.1, 0.15) is 0 Å². The molecule has 1 N–H and O–H groups in total. The number of halogens is 3. The van der Waals surface area contributed by atoms with Crippen LogP contribution in [0.5, 0.6) is 0 Å². The Bertz CT molecular complexity index is 372. The number of alkyl halides is 1. The SMILES string of the molecule is Fc1cccc(CNC2(CCl)CCC2)c1F. The molecule has 1 aromatic carbocycles. The van der Waals surface area contributed by atoms with Crippen molar-refractivity contribution < 1.29 is 8.78 Å². The summed E-state index contributed by atoms with van der Waals surface area (Å²) in [4.78, 5) is 0. The predicted molar refractivity (Wildman–Crippen MR) is 60.5 cm³/mol. The third kappa shape index (κ3) is 2.20. The van der Waals surface area contributed by atoms with Gasteiger partial charge in [-0.15, -0.1) is 11.6 Å². The second kappa shape index (κ2) is 4.68. The molecule has 0 aromatic heterocycles. The van der Waals surface area contributed by atoms with Crippen molar-refractivity contribution in [1.82, 2.24) is 5.32 Å². The van der Waals surface area contributed by atoms with Crippen molar-refractivity contribution >= 4 is 11.6 Å². The first kappa shape index (κ1) is 11.8. The summed E-state index contributed by atoms with van der Waals surface area (Å²) in [7, 11) is 0. The van der Waals surface area contributed by atoms with Crippen molar-refractivity contribution in [3.8, 4) is 0 Å². The van der Waals surface area contributed by atoms with E-state index in [1.165, 1.54) is 6.07 Å². The quantitative estimate of drug-likeness (QED) is 0.804. The Kier molecular flexibility index (Phi) is 3.45. The third-order valence-electron chi connectivity index (χ3n) is 3.25. The average Bonchev–Trinajstić information content (AvgIpc) is 2.23. The molecule has 0 amide bonds. The summed E-state index contributed by atoms with van der Waals surface area (Å²) in [5.74, 6) is -1.05. The number of hydrogen-bond acceptors (Lipinski definition) is 1. The minimum Gasteiger partial charge on any atom is -0.306 e. The van der Waals surface area contributed by atoms with Crippen LogP contribution in [0.15, 0.2) is 18.2 Å². The highest BCUT2D eigenvalue weighted by molar-refractivity contribution is 6.18. The number of rotatable bonds is 4. The van der Waals surface area contributed by atoms with Crippen molar-refractivity contribution in [2.75, 3.05) is 5.88 Å². The summed E-state index contributed by atoms with van der Waals surface area (Å²) in [5.41, 5.74) is 0.289. The lowest BCUT2D eigenvalue weighted by atomic mass is 9.78. The van der Waals surface area contributed by atoms with Gasteiger partial charge in [0.05, 0.1) is 0 Å². The molecule has 1 aromatic rings. The third-order valence-corrected chi connectivity index (χ3v) is 3.76. The van der Waals surface area contributed by atoms with E-state index in [1.807, 2.05) is 0 Å². The molecule has 16 heavy (non-hydrogen) atoms. The van der Waals surface area contributed by atoms with Crippen LogP contribution in [-0.4, -0.2) is 11.4 Å². The highest BCUT2D eigenvalue weighted by Gasteiger charge is 2.35. The van der Waals surface area contributed by atoms with E-state index >= 15 is 0 Å². The van der Waals surface area contributed by atoms with Gasteiger partial charge in [-0.05, 0) is 25.3 Å². The van der Waals surface area contributed by atoms with Crippen molar-refractivity contribution in [2.45, 2.75) is 31.3 Å². The van der Waals surface area contributed by atoms with Crippen molar-refractivity contribution in [1.29, 1.82) is 0 Å². The number of benzene rings is 1. The smallest absolute Gasteiger partial charge is 0.163 e. The first-order valence-electron chi connectivity index (χ1n) is 5.41. The largest absolute Gasteiger partial charge is 0.306 e. The van der Waals surface area contributed by atoms with E-state index in [0.717, 1.165) is 25.3 Å². The minimum atomic E-state index is -0.798. The molecule has 1 saturated carbocycles. The van der Waals surface area contributed by atoms with Crippen LogP contribution in [0.1, 0.15) is 24.8 Å². The van der Waals surface area contributed by atoms with Crippen molar-refractivity contribution in [3.05, 3.63) is 35.4 Å². The van der Waals surface area contributed by atoms with E-state index in [1.54, 1.807) is 6.07 Å². The molecule has 0 atom stereocenters. The van der Waals surface area contributed by atoms with E-state index < -0.39 is 11.6 Å². The van der Waals surface area contributed by atoms with Crippen molar-refractivity contribution in [3.63, 3.8) is 0 Å². The highest BCUT2D eigenvalue weighted by atomic mass is 35.5. The molecule has 1 fully saturated rings. The molecule has 88 valence electrons. The summed E-state index contributed by atoms with van der Waals surface area (Å²) >= 11 is 5.87. The lowest BCUT2D eigenvalue weighted by Crippen LogP contribution is -2.52. The fraction of sp³-hybridized carbons (Fsp3) is 0.500. The molecular formula is C12H14ClF2N. The van der Waals surface area contributed by atoms with Crippen LogP contribution in [0.2, 0.25) is 0 Å². The van der Waals surface area contributed by atoms with Crippen LogP contribution >= 0.6 is 11.6 Å². The lowest BCUT2D eigenvalue weighted by molar-refractivity contribution is 0.210. The normalized spacial score (nSPS) is 18.2.